The maximum absolute atomic E-state index is 12.7. The van der Waals surface area contributed by atoms with E-state index in [9.17, 15) is 14.7 Å². The van der Waals surface area contributed by atoms with Crippen LogP contribution in [0, 0.1) is 6.92 Å². The largest absolute Gasteiger partial charge is 0.507 e. The quantitative estimate of drug-likeness (QED) is 0.510. The second-order valence-corrected chi connectivity index (χ2v) is 8.34. The van der Waals surface area contributed by atoms with Gasteiger partial charge >= 0.3 is 0 Å². The van der Waals surface area contributed by atoms with E-state index >= 15 is 0 Å². The Kier molecular flexibility index (Phi) is 6.18. The molecule has 1 aliphatic carbocycles. The Bertz CT molecular complexity index is 1130. The van der Waals surface area contributed by atoms with Crippen molar-refractivity contribution in [2.75, 3.05) is 6.54 Å². The summed E-state index contributed by atoms with van der Waals surface area (Å²) < 4.78 is 5.88. The molecule has 0 aliphatic heterocycles. The van der Waals surface area contributed by atoms with E-state index in [0.717, 1.165) is 24.0 Å². The molecule has 3 aromatic rings. The van der Waals surface area contributed by atoms with Crippen molar-refractivity contribution in [2.24, 2.45) is 5.10 Å². The number of rotatable bonds is 6. The predicted molar refractivity (Wildman–Crippen MR) is 119 cm³/mol. The number of carbonyl (C=O) groups excluding carboxylic acids is 2. The van der Waals surface area contributed by atoms with Crippen LogP contribution in [0.2, 0.25) is 0 Å². The van der Waals surface area contributed by atoms with Gasteiger partial charge in [-0.05, 0) is 49.8 Å². The van der Waals surface area contributed by atoms with Gasteiger partial charge in [-0.3, -0.25) is 9.59 Å². The second-order valence-electron chi connectivity index (χ2n) is 7.31. The zero-order valence-electron chi connectivity index (χ0n) is 17.1. The summed E-state index contributed by atoms with van der Waals surface area (Å²) in [6.45, 7) is 2.37. The number of phenols is 1. The molecule has 3 N–H and O–H groups in total. The number of nitrogens with zero attached hydrogens (tertiary/aromatic N) is 1. The number of phenolic OH excluding ortho intramolecular Hbond substituents is 1. The molecule has 0 unspecified atom stereocenters. The van der Waals surface area contributed by atoms with Gasteiger partial charge in [0.05, 0.1) is 11.3 Å². The number of furan rings is 1. The average molecular weight is 438 g/mol. The van der Waals surface area contributed by atoms with Gasteiger partial charge in [-0.2, -0.15) is 5.10 Å². The van der Waals surface area contributed by atoms with Gasteiger partial charge in [0, 0.05) is 29.0 Å². The van der Waals surface area contributed by atoms with E-state index in [0.29, 0.717) is 30.9 Å². The number of aryl methyl sites for hydroxylation is 1. The maximum Gasteiger partial charge on any atom is 0.287 e. The summed E-state index contributed by atoms with van der Waals surface area (Å²) in [5, 5.41) is 19.1. The second kappa shape index (κ2) is 9.18. The minimum absolute atomic E-state index is 0.106. The fourth-order valence-corrected chi connectivity index (χ4v) is 4.38. The molecule has 7 nitrogen and oxygen atoms in total. The van der Waals surface area contributed by atoms with Gasteiger partial charge in [0.15, 0.2) is 5.76 Å². The highest BCUT2D eigenvalue weighted by Gasteiger charge is 2.28. The average Bonchev–Trinajstić information content (AvgIpc) is 3.40. The summed E-state index contributed by atoms with van der Waals surface area (Å²) in [7, 11) is 0. The van der Waals surface area contributed by atoms with Crippen LogP contribution in [0.5, 0.6) is 5.75 Å². The molecule has 0 saturated carbocycles. The molecule has 160 valence electrons. The first-order chi connectivity index (χ1) is 15.0. The Morgan fingerprint density at radius 2 is 2.00 bits per heavy atom. The lowest BCUT2D eigenvalue weighted by molar-refractivity contribution is 0.0922. The summed E-state index contributed by atoms with van der Waals surface area (Å²) in [6, 6.07) is 10.3. The normalized spacial score (nSPS) is 14.3. The number of benzene rings is 1. The van der Waals surface area contributed by atoms with Crippen molar-refractivity contribution in [1.82, 2.24) is 10.7 Å². The van der Waals surface area contributed by atoms with Crippen LogP contribution in [-0.2, 0) is 12.8 Å². The van der Waals surface area contributed by atoms with Gasteiger partial charge in [0.25, 0.3) is 11.8 Å². The van der Waals surface area contributed by atoms with Gasteiger partial charge in [0.1, 0.15) is 11.5 Å². The minimum Gasteiger partial charge on any atom is -0.507 e. The SMILES string of the molecule is Cc1c(C(=O)NCCc2cccs2)oc2c1/C(=N/NC(=O)c1ccccc1O)CCC2. The number of hydrogen-bond acceptors (Lipinski definition) is 6. The first kappa shape index (κ1) is 20.9. The van der Waals surface area contributed by atoms with Crippen molar-refractivity contribution in [2.45, 2.75) is 32.6 Å². The van der Waals surface area contributed by atoms with Gasteiger partial charge in [-0.25, -0.2) is 5.43 Å². The molecule has 0 atom stereocenters. The summed E-state index contributed by atoms with van der Waals surface area (Å²) in [4.78, 5) is 26.3. The summed E-state index contributed by atoms with van der Waals surface area (Å²) in [5.41, 5.74) is 4.84. The van der Waals surface area contributed by atoms with Crippen molar-refractivity contribution in [1.29, 1.82) is 0 Å². The molecule has 0 bridgehead atoms. The lowest BCUT2D eigenvalue weighted by Crippen LogP contribution is -2.26. The van der Waals surface area contributed by atoms with Crippen molar-refractivity contribution >= 4 is 28.9 Å². The third kappa shape index (κ3) is 4.54. The Balaban J connectivity index is 1.48. The summed E-state index contributed by atoms with van der Waals surface area (Å²) in [6.07, 6.45) is 2.96. The van der Waals surface area contributed by atoms with Crippen LogP contribution in [0.1, 0.15) is 55.5 Å². The maximum atomic E-state index is 12.7. The fraction of sp³-hybridized carbons (Fsp3) is 0.261. The topological polar surface area (TPSA) is 104 Å². The Labute approximate surface area is 183 Å². The van der Waals surface area contributed by atoms with Gasteiger partial charge < -0.3 is 14.8 Å². The molecular formula is C23H23N3O4S. The van der Waals surface area contributed by atoms with E-state index in [4.69, 9.17) is 4.42 Å². The van der Waals surface area contributed by atoms with Crippen LogP contribution in [0.25, 0.3) is 0 Å². The van der Waals surface area contributed by atoms with Crippen LogP contribution in [-0.4, -0.2) is 29.2 Å². The van der Waals surface area contributed by atoms with Gasteiger partial charge in [0.2, 0.25) is 0 Å². The van der Waals surface area contributed by atoms with Crippen molar-refractivity contribution in [3.05, 3.63) is 74.9 Å². The number of fused-ring (bicyclic) bond motifs is 1. The van der Waals surface area contributed by atoms with Gasteiger partial charge in [-0.1, -0.05) is 18.2 Å². The molecule has 0 saturated heterocycles. The fourth-order valence-electron chi connectivity index (χ4n) is 3.68. The molecule has 2 amide bonds. The molecule has 0 fully saturated rings. The number of para-hydroxylation sites is 1. The number of amides is 2. The zero-order chi connectivity index (χ0) is 21.8. The number of hydrogen-bond donors (Lipinski definition) is 3. The van der Waals surface area contributed by atoms with Crippen LogP contribution >= 0.6 is 11.3 Å². The smallest absolute Gasteiger partial charge is 0.287 e. The highest BCUT2D eigenvalue weighted by atomic mass is 32.1. The van der Waals surface area contributed by atoms with E-state index in [1.807, 2.05) is 24.4 Å². The first-order valence-corrected chi connectivity index (χ1v) is 11.0. The standard InChI is InChI=1S/C23H23N3O4S/c1-14-20-17(25-26-22(28)16-7-2-3-9-18(16)27)8-4-10-19(20)30-21(14)23(29)24-12-11-15-6-5-13-31-15/h2-3,5-7,9,13,27H,4,8,10-12H2,1H3,(H,24,29)(H,26,28)/b25-17+. The van der Waals surface area contributed by atoms with E-state index < -0.39 is 5.91 Å². The van der Waals surface area contributed by atoms with Crippen LogP contribution < -0.4 is 10.7 Å². The van der Waals surface area contributed by atoms with E-state index in [2.05, 4.69) is 15.8 Å². The predicted octanol–water partition coefficient (Wildman–Crippen LogP) is 3.80. The summed E-state index contributed by atoms with van der Waals surface area (Å²) >= 11 is 1.66. The van der Waals surface area contributed by atoms with Crippen LogP contribution in [0.15, 0.2) is 51.3 Å². The van der Waals surface area contributed by atoms with Crippen molar-refractivity contribution in [3.63, 3.8) is 0 Å². The number of hydrazone groups is 1. The molecule has 4 rings (SSSR count). The zero-order valence-corrected chi connectivity index (χ0v) is 17.9. The Morgan fingerprint density at radius 1 is 1.16 bits per heavy atom. The molecule has 1 aliphatic rings. The number of aromatic hydroxyl groups is 1. The highest BCUT2D eigenvalue weighted by Crippen LogP contribution is 2.30. The third-order valence-corrected chi connectivity index (χ3v) is 6.15. The molecule has 8 heteroatoms. The molecule has 31 heavy (non-hydrogen) atoms. The van der Waals surface area contributed by atoms with Gasteiger partial charge in [-0.15, -0.1) is 11.3 Å². The van der Waals surface area contributed by atoms with Crippen LogP contribution in [0.4, 0.5) is 0 Å². The molecule has 2 aromatic heterocycles. The Hall–Kier alpha value is -3.39. The van der Waals surface area contributed by atoms with Crippen molar-refractivity contribution < 1.29 is 19.1 Å². The van der Waals surface area contributed by atoms with Crippen LogP contribution in [0.3, 0.4) is 0 Å². The van der Waals surface area contributed by atoms with E-state index in [1.54, 1.807) is 23.5 Å². The lowest BCUT2D eigenvalue weighted by atomic mass is 9.93. The highest BCUT2D eigenvalue weighted by molar-refractivity contribution is 7.09. The third-order valence-electron chi connectivity index (χ3n) is 5.21. The minimum atomic E-state index is -0.495. The Morgan fingerprint density at radius 3 is 2.77 bits per heavy atom. The molecule has 0 spiro atoms. The molecule has 2 heterocycles. The van der Waals surface area contributed by atoms with E-state index in [-0.39, 0.29) is 23.0 Å². The number of nitrogens with one attached hydrogen (secondary N) is 2. The molecule has 0 radical (unpaired) electrons. The van der Waals surface area contributed by atoms with E-state index in [1.165, 1.54) is 17.0 Å². The van der Waals surface area contributed by atoms with Crippen molar-refractivity contribution in [3.8, 4) is 5.75 Å². The monoisotopic (exact) mass is 437 g/mol. The lowest BCUT2D eigenvalue weighted by Gasteiger charge is -2.13. The number of thiophene rings is 1. The first-order valence-electron chi connectivity index (χ1n) is 10.1. The molecular weight excluding hydrogens is 414 g/mol. The number of carbonyl (C=O) groups is 2. The summed E-state index contributed by atoms with van der Waals surface area (Å²) in [5.74, 6) is 0.150. The molecule has 1 aromatic carbocycles.